The number of carboxylic acids is 1. The first kappa shape index (κ1) is 28.0. The van der Waals surface area contributed by atoms with Crippen molar-refractivity contribution in [1.82, 2.24) is 9.88 Å². The monoisotopic (exact) mass is 557 g/mol. The Kier molecular flexibility index (Phi) is 9.24. The number of hydrogen-bond donors (Lipinski definition) is 1. The van der Waals surface area contributed by atoms with E-state index in [9.17, 15) is 14.3 Å². The second kappa shape index (κ2) is 13.2. The number of aliphatic carboxylic acids is 1. The molecule has 1 aliphatic rings. The molecule has 1 aromatic heterocycles. The summed E-state index contributed by atoms with van der Waals surface area (Å²) in [5.74, 6) is -0.356. The fraction of sp³-hybridized carbons (Fsp3) is 0.333. The SMILES string of the molecule is CN(Cc1ccc([C@H]2CC[C@@H](F)CC2)cc1)c1ccc(-c2csc(CN(CC(=O)O)Cc3ccccc3)n2)cc1. The molecule has 1 saturated carbocycles. The summed E-state index contributed by atoms with van der Waals surface area (Å²) in [4.78, 5) is 20.4. The van der Waals surface area contributed by atoms with Gasteiger partial charge < -0.3 is 10.0 Å². The Balaban J connectivity index is 1.18. The number of rotatable bonds is 11. The van der Waals surface area contributed by atoms with Crippen molar-refractivity contribution in [2.75, 3.05) is 18.5 Å². The van der Waals surface area contributed by atoms with Crippen LogP contribution in [0, 0.1) is 0 Å². The van der Waals surface area contributed by atoms with Gasteiger partial charge in [-0.1, -0.05) is 66.7 Å². The van der Waals surface area contributed by atoms with Gasteiger partial charge in [0, 0.05) is 36.8 Å². The van der Waals surface area contributed by atoms with Gasteiger partial charge >= 0.3 is 5.97 Å². The number of hydrogen-bond acceptors (Lipinski definition) is 5. The van der Waals surface area contributed by atoms with E-state index in [1.807, 2.05) is 40.6 Å². The number of nitrogens with zero attached hydrogens (tertiary/aromatic N) is 3. The molecular formula is C33H36FN3O2S. The number of anilines is 1. The quantitative estimate of drug-likeness (QED) is 0.207. The second-order valence-corrected chi connectivity index (χ2v) is 11.7. The van der Waals surface area contributed by atoms with E-state index >= 15 is 0 Å². The van der Waals surface area contributed by atoms with E-state index in [1.54, 1.807) is 11.3 Å². The smallest absolute Gasteiger partial charge is 0.317 e. The first-order chi connectivity index (χ1) is 19.4. The summed E-state index contributed by atoms with van der Waals surface area (Å²) in [6.45, 7) is 1.82. The molecule has 0 amide bonds. The highest BCUT2D eigenvalue weighted by atomic mass is 32.1. The summed E-state index contributed by atoms with van der Waals surface area (Å²) in [5.41, 5.74) is 6.73. The number of alkyl halides is 1. The van der Waals surface area contributed by atoms with Gasteiger partial charge in [0.1, 0.15) is 11.2 Å². The molecular weight excluding hydrogens is 521 g/mol. The van der Waals surface area contributed by atoms with E-state index in [-0.39, 0.29) is 6.54 Å². The van der Waals surface area contributed by atoms with Crippen molar-refractivity contribution in [3.63, 3.8) is 0 Å². The minimum absolute atomic E-state index is 0.0340. The summed E-state index contributed by atoms with van der Waals surface area (Å²) >= 11 is 1.56. The molecule has 1 aliphatic carbocycles. The Morgan fingerprint density at radius 3 is 2.25 bits per heavy atom. The van der Waals surface area contributed by atoms with Crippen LogP contribution >= 0.6 is 11.3 Å². The van der Waals surface area contributed by atoms with Crippen molar-refractivity contribution in [3.05, 3.63) is 106 Å². The van der Waals surface area contributed by atoms with Crippen molar-refractivity contribution < 1.29 is 14.3 Å². The van der Waals surface area contributed by atoms with Crippen LogP contribution in [0.4, 0.5) is 10.1 Å². The van der Waals surface area contributed by atoms with E-state index in [0.29, 0.717) is 31.8 Å². The molecule has 0 saturated heterocycles. The lowest BCUT2D eigenvalue weighted by atomic mass is 9.83. The zero-order valence-electron chi connectivity index (χ0n) is 22.9. The molecule has 0 radical (unpaired) electrons. The topological polar surface area (TPSA) is 56.7 Å². The predicted octanol–water partition coefficient (Wildman–Crippen LogP) is 7.53. The minimum atomic E-state index is -0.844. The van der Waals surface area contributed by atoms with Crippen molar-refractivity contribution in [1.29, 1.82) is 0 Å². The van der Waals surface area contributed by atoms with Crippen molar-refractivity contribution in [2.45, 2.75) is 57.4 Å². The van der Waals surface area contributed by atoms with Gasteiger partial charge in [-0.15, -0.1) is 11.3 Å². The summed E-state index contributed by atoms with van der Waals surface area (Å²) in [6, 6.07) is 27.2. The molecule has 1 N–H and O–H groups in total. The third-order valence-electron chi connectivity index (χ3n) is 7.65. The van der Waals surface area contributed by atoms with Crippen LogP contribution in [0.15, 0.2) is 84.2 Å². The average Bonchev–Trinajstić information content (AvgIpc) is 3.42. The van der Waals surface area contributed by atoms with Crippen LogP contribution in [0.1, 0.15) is 53.3 Å². The Morgan fingerprint density at radius 2 is 1.57 bits per heavy atom. The zero-order chi connectivity index (χ0) is 27.9. The number of carboxylic acid groups (broad SMARTS) is 1. The molecule has 7 heteroatoms. The number of thiazole rings is 1. The summed E-state index contributed by atoms with van der Waals surface area (Å²) in [5, 5.41) is 12.3. The Bertz CT molecular complexity index is 1370. The van der Waals surface area contributed by atoms with Crippen molar-refractivity contribution >= 4 is 23.0 Å². The van der Waals surface area contributed by atoms with Crippen molar-refractivity contribution in [2.24, 2.45) is 0 Å². The summed E-state index contributed by atoms with van der Waals surface area (Å²) in [6.07, 6.45) is 2.64. The van der Waals surface area contributed by atoms with Gasteiger partial charge in [0.25, 0.3) is 0 Å². The Labute approximate surface area is 239 Å². The van der Waals surface area contributed by atoms with Crippen LogP contribution < -0.4 is 4.90 Å². The molecule has 5 rings (SSSR count). The fourth-order valence-corrected chi connectivity index (χ4v) is 6.29. The van der Waals surface area contributed by atoms with Crippen LogP contribution in [-0.2, 0) is 24.4 Å². The van der Waals surface area contributed by atoms with Gasteiger partial charge in [-0.25, -0.2) is 9.37 Å². The Morgan fingerprint density at radius 1 is 0.900 bits per heavy atom. The van der Waals surface area contributed by atoms with E-state index in [1.165, 1.54) is 11.1 Å². The first-order valence-electron chi connectivity index (χ1n) is 13.9. The highest BCUT2D eigenvalue weighted by Gasteiger charge is 2.21. The van der Waals surface area contributed by atoms with E-state index in [2.05, 4.69) is 60.5 Å². The maximum Gasteiger partial charge on any atom is 0.317 e. The lowest BCUT2D eigenvalue weighted by molar-refractivity contribution is -0.138. The standard InChI is InChI=1S/C33H36FN3O2S/c1-36(19-25-7-9-26(10-8-25)27-11-15-29(34)16-12-27)30-17-13-28(14-18-30)31-23-40-32(35-31)21-37(22-33(38)39)20-24-5-3-2-4-6-24/h2-10,13-14,17-18,23,27,29H,11-12,15-16,19-22H2,1H3,(H,38,39)/t27-,29+. The normalized spacial score (nSPS) is 17.2. The number of halogens is 1. The number of benzene rings is 3. The molecule has 1 fully saturated rings. The largest absolute Gasteiger partial charge is 0.480 e. The number of carbonyl (C=O) groups is 1. The molecule has 0 atom stereocenters. The van der Waals surface area contributed by atoms with E-state index in [4.69, 9.17) is 4.98 Å². The van der Waals surface area contributed by atoms with E-state index in [0.717, 1.165) is 46.9 Å². The highest BCUT2D eigenvalue weighted by Crippen LogP contribution is 2.34. The van der Waals surface area contributed by atoms with Crippen LogP contribution in [0.3, 0.4) is 0 Å². The van der Waals surface area contributed by atoms with Gasteiger partial charge in [0.05, 0.1) is 18.8 Å². The maximum absolute atomic E-state index is 13.5. The summed E-state index contributed by atoms with van der Waals surface area (Å²) < 4.78 is 13.5. The molecule has 208 valence electrons. The Hall–Kier alpha value is -3.55. The average molecular weight is 558 g/mol. The van der Waals surface area contributed by atoms with Crippen LogP contribution in [0.5, 0.6) is 0 Å². The molecule has 0 spiro atoms. The predicted molar refractivity (Wildman–Crippen MR) is 160 cm³/mol. The maximum atomic E-state index is 13.5. The molecule has 40 heavy (non-hydrogen) atoms. The second-order valence-electron chi connectivity index (χ2n) is 10.7. The van der Waals surface area contributed by atoms with Crippen LogP contribution in [-0.4, -0.2) is 40.7 Å². The van der Waals surface area contributed by atoms with Crippen LogP contribution in [0.25, 0.3) is 11.3 Å². The number of aromatic nitrogens is 1. The van der Waals surface area contributed by atoms with Gasteiger partial charge in [-0.05, 0) is 60.4 Å². The molecule has 3 aromatic carbocycles. The zero-order valence-corrected chi connectivity index (χ0v) is 23.7. The third-order valence-corrected chi connectivity index (χ3v) is 8.48. The van der Waals surface area contributed by atoms with E-state index < -0.39 is 12.1 Å². The molecule has 5 nitrogen and oxygen atoms in total. The molecule has 0 aliphatic heterocycles. The summed E-state index contributed by atoms with van der Waals surface area (Å²) in [7, 11) is 2.09. The molecule has 4 aromatic rings. The van der Waals surface area contributed by atoms with Gasteiger partial charge in [0.15, 0.2) is 0 Å². The minimum Gasteiger partial charge on any atom is -0.480 e. The first-order valence-corrected chi connectivity index (χ1v) is 14.8. The third kappa shape index (κ3) is 7.55. The molecule has 0 bridgehead atoms. The van der Waals surface area contributed by atoms with Gasteiger partial charge in [-0.3, -0.25) is 9.69 Å². The van der Waals surface area contributed by atoms with Gasteiger partial charge in [-0.2, -0.15) is 0 Å². The highest BCUT2D eigenvalue weighted by molar-refractivity contribution is 7.09. The van der Waals surface area contributed by atoms with Crippen molar-refractivity contribution in [3.8, 4) is 11.3 Å². The van der Waals surface area contributed by atoms with Gasteiger partial charge in [0.2, 0.25) is 0 Å². The van der Waals surface area contributed by atoms with Crippen LogP contribution in [0.2, 0.25) is 0 Å². The fourth-order valence-electron chi connectivity index (χ4n) is 5.44. The lowest BCUT2D eigenvalue weighted by Crippen LogP contribution is -2.28. The molecule has 1 heterocycles. The molecule has 0 unspecified atom stereocenters. The lowest BCUT2D eigenvalue weighted by Gasteiger charge is -2.25.